The average molecular weight is 219 g/mol. The summed E-state index contributed by atoms with van der Waals surface area (Å²) in [5.41, 5.74) is 1.32. The quantitative estimate of drug-likeness (QED) is 0.731. The molecule has 0 atom stereocenters. The summed E-state index contributed by atoms with van der Waals surface area (Å²) in [4.78, 5) is 6.65. The van der Waals surface area contributed by atoms with Crippen molar-refractivity contribution in [3.8, 4) is 0 Å². The summed E-state index contributed by atoms with van der Waals surface area (Å²) in [7, 11) is 0. The average Bonchev–Trinajstić information content (AvgIpc) is 2.83. The molecule has 2 heterocycles. The van der Waals surface area contributed by atoms with Crippen molar-refractivity contribution < 1.29 is 0 Å². The van der Waals surface area contributed by atoms with Gasteiger partial charge in [0, 0.05) is 25.5 Å². The maximum Gasteiger partial charge on any atom is 0.0300 e. The first-order valence-corrected chi connectivity index (χ1v) is 6.27. The van der Waals surface area contributed by atoms with Gasteiger partial charge in [0.25, 0.3) is 0 Å². The van der Waals surface area contributed by atoms with E-state index in [1.54, 1.807) is 0 Å². The lowest BCUT2D eigenvalue weighted by molar-refractivity contribution is 0.336. The molecule has 0 bridgehead atoms. The molecule has 0 spiro atoms. The summed E-state index contributed by atoms with van der Waals surface area (Å²) in [6.45, 7) is 5.96. The lowest BCUT2D eigenvalue weighted by Crippen LogP contribution is -2.30. The Hall–Kier alpha value is -0.930. The van der Waals surface area contributed by atoms with Crippen molar-refractivity contribution >= 4 is 0 Å². The summed E-state index contributed by atoms with van der Waals surface area (Å²) >= 11 is 0. The Labute approximate surface area is 97.9 Å². The highest BCUT2D eigenvalue weighted by Gasteiger charge is 2.09. The molecule has 1 N–H and O–H groups in total. The van der Waals surface area contributed by atoms with Crippen LogP contribution in [-0.4, -0.2) is 42.6 Å². The summed E-state index contributed by atoms with van der Waals surface area (Å²) in [5.74, 6) is 0. The van der Waals surface area contributed by atoms with E-state index in [4.69, 9.17) is 0 Å². The molecule has 0 amide bonds. The topological polar surface area (TPSA) is 28.2 Å². The van der Waals surface area contributed by atoms with Gasteiger partial charge in [0.15, 0.2) is 0 Å². The largest absolute Gasteiger partial charge is 0.315 e. The van der Waals surface area contributed by atoms with Crippen molar-refractivity contribution in [3.63, 3.8) is 0 Å². The fourth-order valence-electron chi connectivity index (χ4n) is 2.15. The van der Waals surface area contributed by atoms with Gasteiger partial charge in [-0.1, -0.05) is 6.07 Å². The van der Waals surface area contributed by atoms with Gasteiger partial charge in [-0.25, -0.2) is 0 Å². The Morgan fingerprint density at radius 2 is 2.12 bits per heavy atom. The zero-order valence-corrected chi connectivity index (χ0v) is 9.86. The summed E-state index contributed by atoms with van der Waals surface area (Å²) in [5, 5.41) is 3.49. The molecule has 1 aliphatic heterocycles. The number of hydrogen-bond acceptors (Lipinski definition) is 3. The Bertz CT molecular complexity index is 280. The number of rotatable bonds is 6. The van der Waals surface area contributed by atoms with Crippen LogP contribution in [0.25, 0.3) is 0 Å². The van der Waals surface area contributed by atoms with Gasteiger partial charge < -0.3 is 10.2 Å². The van der Waals surface area contributed by atoms with E-state index >= 15 is 0 Å². The molecule has 1 saturated heterocycles. The molecule has 1 aromatic heterocycles. The molecule has 0 aliphatic carbocycles. The molecule has 0 radical (unpaired) electrons. The van der Waals surface area contributed by atoms with E-state index in [0.717, 1.165) is 19.5 Å². The maximum atomic E-state index is 4.11. The second-order valence-electron chi connectivity index (χ2n) is 4.41. The molecular weight excluding hydrogens is 198 g/mol. The van der Waals surface area contributed by atoms with Crippen LogP contribution in [0.1, 0.15) is 18.4 Å². The lowest BCUT2D eigenvalue weighted by atomic mass is 10.2. The van der Waals surface area contributed by atoms with Gasteiger partial charge in [0.2, 0.25) is 0 Å². The molecule has 3 heteroatoms. The van der Waals surface area contributed by atoms with E-state index in [9.17, 15) is 0 Å². The Kier molecular flexibility index (Phi) is 4.77. The molecule has 88 valence electrons. The lowest BCUT2D eigenvalue weighted by Gasteiger charge is -2.14. The minimum Gasteiger partial charge on any atom is -0.315 e. The van der Waals surface area contributed by atoms with Crippen molar-refractivity contribution in [2.75, 3.05) is 32.7 Å². The smallest absolute Gasteiger partial charge is 0.0300 e. The highest BCUT2D eigenvalue weighted by molar-refractivity contribution is 5.08. The molecule has 1 fully saturated rings. The second kappa shape index (κ2) is 6.61. The van der Waals surface area contributed by atoms with Crippen molar-refractivity contribution in [2.45, 2.75) is 19.3 Å². The van der Waals surface area contributed by atoms with E-state index in [-0.39, 0.29) is 0 Å². The molecule has 1 aromatic rings. The predicted octanol–water partition coefficient (Wildman–Crippen LogP) is 1.31. The van der Waals surface area contributed by atoms with Gasteiger partial charge in [-0.2, -0.15) is 0 Å². The van der Waals surface area contributed by atoms with Crippen LogP contribution in [0.2, 0.25) is 0 Å². The molecular formula is C13H21N3. The van der Waals surface area contributed by atoms with Crippen LogP contribution < -0.4 is 5.32 Å². The van der Waals surface area contributed by atoms with E-state index in [1.165, 1.54) is 38.0 Å². The van der Waals surface area contributed by atoms with Gasteiger partial charge in [-0.05, 0) is 50.5 Å². The van der Waals surface area contributed by atoms with Crippen LogP contribution in [0.15, 0.2) is 24.5 Å². The van der Waals surface area contributed by atoms with Crippen molar-refractivity contribution in [3.05, 3.63) is 30.1 Å². The Morgan fingerprint density at radius 1 is 1.25 bits per heavy atom. The Balaban J connectivity index is 1.52. The molecule has 0 aromatic carbocycles. The fraction of sp³-hybridized carbons (Fsp3) is 0.615. The van der Waals surface area contributed by atoms with Crippen LogP contribution >= 0.6 is 0 Å². The minimum atomic E-state index is 1.06. The van der Waals surface area contributed by atoms with Crippen molar-refractivity contribution in [2.24, 2.45) is 0 Å². The number of pyridine rings is 1. The highest BCUT2D eigenvalue weighted by atomic mass is 15.1. The first-order chi connectivity index (χ1) is 7.95. The zero-order valence-electron chi connectivity index (χ0n) is 9.86. The first kappa shape index (κ1) is 11.6. The highest BCUT2D eigenvalue weighted by Crippen LogP contribution is 2.05. The van der Waals surface area contributed by atoms with Crippen LogP contribution in [-0.2, 0) is 6.42 Å². The summed E-state index contributed by atoms with van der Waals surface area (Å²) < 4.78 is 0. The van der Waals surface area contributed by atoms with Gasteiger partial charge in [0.05, 0.1) is 0 Å². The van der Waals surface area contributed by atoms with Crippen LogP contribution in [0.4, 0.5) is 0 Å². The van der Waals surface area contributed by atoms with Crippen molar-refractivity contribution in [1.82, 2.24) is 15.2 Å². The Morgan fingerprint density at radius 3 is 2.88 bits per heavy atom. The number of aromatic nitrogens is 1. The second-order valence-corrected chi connectivity index (χ2v) is 4.41. The van der Waals surface area contributed by atoms with E-state index in [0.29, 0.717) is 0 Å². The van der Waals surface area contributed by atoms with Crippen LogP contribution in [0.3, 0.4) is 0 Å². The maximum absolute atomic E-state index is 4.11. The SMILES string of the molecule is c1cncc(CCNCCN2CCCC2)c1. The molecule has 16 heavy (non-hydrogen) atoms. The van der Waals surface area contributed by atoms with Crippen LogP contribution in [0.5, 0.6) is 0 Å². The molecule has 1 aliphatic rings. The minimum absolute atomic E-state index is 1.06. The third-order valence-corrected chi connectivity index (χ3v) is 3.12. The zero-order chi connectivity index (χ0) is 11.1. The number of likely N-dealkylation sites (tertiary alicyclic amines) is 1. The van der Waals surface area contributed by atoms with Gasteiger partial charge >= 0.3 is 0 Å². The van der Waals surface area contributed by atoms with E-state index in [2.05, 4.69) is 21.3 Å². The number of hydrogen-bond donors (Lipinski definition) is 1. The monoisotopic (exact) mass is 219 g/mol. The summed E-state index contributed by atoms with van der Waals surface area (Å²) in [6.07, 6.45) is 7.62. The fourth-order valence-corrected chi connectivity index (χ4v) is 2.15. The third kappa shape index (κ3) is 3.91. The molecule has 3 nitrogen and oxygen atoms in total. The molecule has 2 rings (SSSR count). The van der Waals surface area contributed by atoms with E-state index < -0.39 is 0 Å². The van der Waals surface area contributed by atoms with E-state index in [1.807, 2.05) is 18.5 Å². The van der Waals surface area contributed by atoms with Crippen molar-refractivity contribution in [1.29, 1.82) is 0 Å². The third-order valence-electron chi connectivity index (χ3n) is 3.12. The normalized spacial score (nSPS) is 16.8. The first-order valence-electron chi connectivity index (χ1n) is 6.27. The number of nitrogens with zero attached hydrogens (tertiary/aromatic N) is 2. The molecule has 0 saturated carbocycles. The number of nitrogens with one attached hydrogen (secondary N) is 1. The van der Waals surface area contributed by atoms with Gasteiger partial charge in [-0.15, -0.1) is 0 Å². The van der Waals surface area contributed by atoms with Gasteiger partial charge in [0.1, 0.15) is 0 Å². The standard InChI is InChI=1S/C13H21N3/c1-2-10-16(9-1)11-8-14-7-5-13-4-3-6-15-12-13/h3-4,6,12,14H,1-2,5,7-11H2. The molecule has 0 unspecified atom stereocenters. The van der Waals surface area contributed by atoms with Gasteiger partial charge in [-0.3, -0.25) is 4.98 Å². The summed E-state index contributed by atoms with van der Waals surface area (Å²) in [6, 6.07) is 4.13. The predicted molar refractivity (Wildman–Crippen MR) is 66.5 cm³/mol. The van der Waals surface area contributed by atoms with Crippen LogP contribution in [0, 0.1) is 0 Å².